The number of esters is 1. The molecular weight excluding hydrogens is 296 g/mol. The van der Waals surface area contributed by atoms with E-state index in [1.165, 1.54) is 12.1 Å². The van der Waals surface area contributed by atoms with Gasteiger partial charge in [-0.2, -0.15) is 10.2 Å². The quantitative estimate of drug-likeness (QED) is 0.270. The lowest BCUT2D eigenvalue weighted by molar-refractivity contribution is -0.151. The van der Waals surface area contributed by atoms with Gasteiger partial charge in [-0.25, -0.2) is 4.79 Å². The van der Waals surface area contributed by atoms with Crippen molar-refractivity contribution >= 4 is 23.2 Å². The summed E-state index contributed by atoms with van der Waals surface area (Å²) >= 11 is 0. The molecule has 23 heavy (non-hydrogen) atoms. The number of ketones is 2. The van der Waals surface area contributed by atoms with Gasteiger partial charge in [0.2, 0.25) is 6.04 Å². The van der Waals surface area contributed by atoms with Crippen molar-refractivity contribution in [1.29, 1.82) is 0 Å². The van der Waals surface area contributed by atoms with Crippen molar-refractivity contribution in [2.24, 2.45) is 10.2 Å². The normalized spacial score (nSPS) is 11.9. The molecule has 6 nitrogen and oxygen atoms in total. The number of carbonyl (C=O) groups excluding carboxylic acids is 3. The molecule has 0 fully saturated rings. The second kappa shape index (κ2) is 7.74. The lowest BCUT2D eigenvalue weighted by atomic mass is 10.0. The van der Waals surface area contributed by atoms with Crippen LogP contribution in [0.4, 0.5) is 5.69 Å². The van der Waals surface area contributed by atoms with Crippen molar-refractivity contribution in [1.82, 2.24) is 0 Å². The third-order valence-electron chi connectivity index (χ3n) is 2.99. The number of ether oxygens (including phenoxy) is 1. The molecule has 0 amide bonds. The number of benzene rings is 2. The highest BCUT2D eigenvalue weighted by Crippen LogP contribution is 2.14. The van der Waals surface area contributed by atoms with Gasteiger partial charge in [0.15, 0.2) is 5.78 Å². The zero-order valence-corrected chi connectivity index (χ0v) is 12.4. The summed E-state index contributed by atoms with van der Waals surface area (Å²) in [7, 11) is 1.07. The van der Waals surface area contributed by atoms with E-state index in [1.807, 2.05) is 0 Å². The maximum absolute atomic E-state index is 12.4. The summed E-state index contributed by atoms with van der Waals surface area (Å²) in [5, 5.41) is 7.63. The zero-order valence-electron chi connectivity index (χ0n) is 12.4. The first-order chi connectivity index (χ1) is 11.1. The molecule has 6 heteroatoms. The van der Waals surface area contributed by atoms with E-state index in [2.05, 4.69) is 15.0 Å². The summed E-state index contributed by atoms with van der Waals surface area (Å²) in [4.78, 5) is 36.0. The average molecular weight is 310 g/mol. The smallest absolute Gasteiger partial charge is 0.377 e. The largest absolute Gasteiger partial charge is 0.463 e. The van der Waals surface area contributed by atoms with Gasteiger partial charge in [-0.15, -0.1) is 0 Å². The van der Waals surface area contributed by atoms with Crippen LogP contribution in [0.5, 0.6) is 0 Å². The fourth-order valence-electron chi connectivity index (χ4n) is 1.82. The summed E-state index contributed by atoms with van der Waals surface area (Å²) in [5.74, 6) is -2.80. The highest BCUT2D eigenvalue weighted by molar-refractivity contribution is 6.41. The lowest BCUT2D eigenvalue weighted by Crippen LogP contribution is -2.34. The van der Waals surface area contributed by atoms with Crippen molar-refractivity contribution in [3.8, 4) is 0 Å². The third-order valence-corrected chi connectivity index (χ3v) is 2.99. The first-order valence-electron chi connectivity index (χ1n) is 6.81. The van der Waals surface area contributed by atoms with Crippen LogP contribution in [0.25, 0.3) is 0 Å². The zero-order chi connectivity index (χ0) is 16.7. The molecule has 0 N–H and O–H groups in total. The fraction of sp³-hybridized carbons (Fsp3) is 0.118. The molecule has 0 saturated carbocycles. The number of nitrogens with zero attached hydrogens (tertiary/aromatic N) is 2. The van der Waals surface area contributed by atoms with Gasteiger partial charge in [-0.1, -0.05) is 48.5 Å². The Morgan fingerprint density at radius 2 is 1.48 bits per heavy atom. The first kappa shape index (κ1) is 16.2. The van der Waals surface area contributed by atoms with Crippen molar-refractivity contribution in [2.75, 3.05) is 7.11 Å². The molecule has 0 saturated heterocycles. The van der Waals surface area contributed by atoms with Crippen LogP contribution in [-0.4, -0.2) is 30.7 Å². The van der Waals surface area contributed by atoms with E-state index in [9.17, 15) is 14.4 Å². The number of methoxy groups -OCH3 is 1. The van der Waals surface area contributed by atoms with Crippen LogP contribution in [0.2, 0.25) is 0 Å². The molecule has 2 aromatic rings. The number of hydrogen-bond acceptors (Lipinski definition) is 6. The Hall–Kier alpha value is -3.15. The van der Waals surface area contributed by atoms with Gasteiger partial charge in [0.05, 0.1) is 12.8 Å². The van der Waals surface area contributed by atoms with Gasteiger partial charge in [-0.3, -0.25) is 9.59 Å². The second-order valence-electron chi connectivity index (χ2n) is 4.54. The fourth-order valence-corrected chi connectivity index (χ4v) is 1.82. The predicted molar refractivity (Wildman–Crippen MR) is 82.5 cm³/mol. The Kier molecular flexibility index (Phi) is 5.46. The lowest BCUT2D eigenvalue weighted by Gasteiger charge is -2.08. The van der Waals surface area contributed by atoms with Gasteiger partial charge < -0.3 is 4.74 Å². The summed E-state index contributed by atoms with van der Waals surface area (Å²) in [5.41, 5.74) is 0.734. The van der Waals surface area contributed by atoms with E-state index in [1.54, 1.807) is 48.5 Å². The van der Waals surface area contributed by atoms with Crippen molar-refractivity contribution in [2.45, 2.75) is 6.04 Å². The van der Waals surface area contributed by atoms with Crippen molar-refractivity contribution < 1.29 is 19.1 Å². The minimum atomic E-state index is -1.56. The molecule has 0 radical (unpaired) electrons. The van der Waals surface area contributed by atoms with Crippen LogP contribution in [-0.2, 0) is 14.3 Å². The van der Waals surface area contributed by atoms with Crippen LogP contribution < -0.4 is 0 Å². The minimum absolute atomic E-state index is 0.266. The predicted octanol–water partition coefficient (Wildman–Crippen LogP) is 2.76. The average Bonchev–Trinajstić information content (AvgIpc) is 2.62. The van der Waals surface area contributed by atoms with E-state index in [0.717, 1.165) is 7.11 Å². The molecule has 1 atom stereocenters. The van der Waals surface area contributed by atoms with Gasteiger partial charge in [-0.05, 0) is 12.1 Å². The topological polar surface area (TPSA) is 85.2 Å². The molecule has 0 aliphatic rings. The van der Waals surface area contributed by atoms with E-state index < -0.39 is 23.6 Å². The second-order valence-corrected chi connectivity index (χ2v) is 4.54. The van der Waals surface area contributed by atoms with Gasteiger partial charge >= 0.3 is 5.97 Å². The summed E-state index contributed by atoms with van der Waals surface area (Å²) in [6.45, 7) is 0. The molecule has 2 aromatic carbocycles. The van der Waals surface area contributed by atoms with E-state index in [-0.39, 0.29) is 5.56 Å². The molecule has 0 heterocycles. The van der Waals surface area contributed by atoms with Crippen molar-refractivity contribution in [3.63, 3.8) is 0 Å². The van der Waals surface area contributed by atoms with Crippen molar-refractivity contribution in [3.05, 3.63) is 66.2 Å². The standard InChI is InChI=1S/C17H14N2O4/c1-23-17(22)16(21)14(15(20)12-8-4-2-5-9-12)19-18-13-10-6-3-7-11-13/h2-11,14H,1H3. The number of rotatable bonds is 6. The van der Waals surface area contributed by atoms with Crippen LogP contribution >= 0.6 is 0 Å². The molecule has 0 aromatic heterocycles. The van der Waals surface area contributed by atoms with Gasteiger partial charge in [0, 0.05) is 5.56 Å². The van der Waals surface area contributed by atoms with E-state index in [0.29, 0.717) is 5.69 Å². The molecule has 0 aliphatic carbocycles. The molecule has 2 rings (SSSR count). The van der Waals surface area contributed by atoms with Gasteiger partial charge in [0.25, 0.3) is 5.78 Å². The van der Waals surface area contributed by atoms with Crippen LogP contribution in [0.1, 0.15) is 10.4 Å². The molecule has 1 unspecified atom stereocenters. The molecule has 116 valence electrons. The molecule has 0 aliphatic heterocycles. The summed E-state index contributed by atoms with van der Waals surface area (Å²) < 4.78 is 4.39. The number of carbonyl (C=O) groups is 3. The van der Waals surface area contributed by atoms with E-state index >= 15 is 0 Å². The molecular formula is C17H14N2O4. The maximum atomic E-state index is 12.4. The summed E-state index contributed by atoms with van der Waals surface area (Å²) in [6, 6.07) is 15.2. The van der Waals surface area contributed by atoms with Crippen LogP contribution in [0.3, 0.4) is 0 Å². The van der Waals surface area contributed by atoms with Crippen LogP contribution in [0.15, 0.2) is 70.9 Å². The monoisotopic (exact) mass is 310 g/mol. The Labute approximate surface area is 132 Å². The number of hydrogen-bond donors (Lipinski definition) is 0. The Balaban J connectivity index is 2.32. The van der Waals surface area contributed by atoms with E-state index in [4.69, 9.17) is 0 Å². The number of Topliss-reactive ketones (excluding diaryl/α,β-unsaturated/α-hetero) is 2. The Morgan fingerprint density at radius 3 is 2.04 bits per heavy atom. The SMILES string of the molecule is COC(=O)C(=O)C(N=Nc1ccccc1)C(=O)c1ccccc1. The molecule has 0 bridgehead atoms. The Morgan fingerprint density at radius 1 is 0.913 bits per heavy atom. The van der Waals surface area contributed by atoms with Gasteiger partial charge in [0.1, 0.15) is 0 Å². The maximum Gasteiger partial charge on any atom is 0.377 e. The number of azo groups is 1. The van der Waals surface area contributed by atoms with Crippen LogP contribution in [0, 0.1) is 0 Å². The Bertz CT molecular complexity index is 727. The summed E-state index contributed by atoms with van der Waals surface area (Å²) in [6.07, 6.45) is 0. The highest BCUT2D eigenvalue weighted by atomic mass is 16.5. The third kappa shape index (κ3) is 4.16. The highest BCUT2D eigenvalue weighted by Gasteiger charge is 2.33. The molecule has 0 spiro atoms. The first-order valence-corrected chi connectivity index (χ1v) is 6.81. The minimum Gasteiger partial charge on any atom is -0.463 e.